The van der Waals surface area contributed by atoms with Crippen LogP contribution in [-0.4, -0.2) is 34.8 Å². The van der Waals surface area contributed by atoms with E-state index in [4.69, 9.17) is 25.5 Å². The van der Waals surface area contributed by atoms with Crippen LogP contribution in [0.2, 0.25) is 5.02 Å². The van der Waals surface area contributed by atoms with Crippen molar-refractivity contribution in [3.8, 4) is 17.1 Å². The fourth-order valence-corrected chi connectivity index (χ4v) is 5.86. The van der Waals surface area contributed by atoms with Gasteiger partial charge >= 0.3 is 11.9 Å². The third kappa shape index (κ3) is 5.36. The Morgan fingerprint density at radius 3 is 2.66 bits per heavy atom. The lowest BCUT2D eigenvalue weighted by Crippen LogP contribution is -2.40. The third-order valence-electron chi connectivity index (χ3n) is 6.41. The van der Waals surface area contributed by atoms with Crippen molar-refractivity contribution in [2.24, 2.45) is 4.99 Å². The molecule has 210 valence electrons. The maximum absolute atomic E-state index is 13.9. The number of benzene rings is 2. The van der Waals surface area contributed by atoms with Gasteiger partial charge in [0.2, 0.25) is 0 Å². The summed E-state index contributed by atoms with van der Waals surface area (Å²) in [6, 6.07) is 14.4. The van der Waals surface area contributed by atoms with Crippen molar-refractivity contribution in [3.05, 3.63) is 107 Å². The van der Waals surface area contributed by atoms with E-state index in [2.05, 4.69) is 4.99 Å². The van der Waals surface area contributed by atoms with Gasteiger partial charge in [0.1, 0.15) is 23.3 Å². The fourth-order valence-electron chi connectivity index (χ4n) is 4.64. The molecule has 0 saturated carbocycles. The van der Waals surface area contributed by atoms with Crippen molar-refractivity contribution >= 4 is 41.0 Å². The first-order valence-corrected chi connectivity index (χ1v) is 14.0. The summed E-state index contributed by atoms with van der Waals surface area (Å²) in [5, 5.41) is 9.51. The van der Waals surface area contributed by atoms with Gasteiger partial charge in [-0.2, -0.15) is 0 Å². The van der Waals surface area contributed by atoms with Crippen molar-refractivity contribution < 1.29 is 28.6 Å². The highest BCUT2D eigenvalue weighted by Crippen LogP contribution is 2.36. The number of para-hydroxylation sites is 1. The second kappa shape index (κ2) is 11.6. The highest BCUT2D eigenvalue weighted by Gasteiger charge is 2.35. The molecule has 1 aliphatic rings. The Hall–Kier alpha value is -4.41. The monoisotopic (exact) mass is 592 g/mol. The van der Waals surface area contributed by atoms with E-state index < -0.39 is 18.0 Å². The number of halogens is 1. The van der Waals surface area contributed by atoms with Crippen molar-refractivity contribution in [3.63, 3.8) is 0 Å². The number of carbonyl (C=O) groups is 2. The van der Waals surface area contributed by atoms with E-state index in [1.807, 2.05) is 25.1 Å². The Balaban J connectivity index is 1.64. The maximum atomic E-state index is 13.9. The molecule has 2 aromatic carbocycles. The number of aromatic nitrogens is 1. The van der Waals surface area contributed by atoms with Gasteiger partial charge in [0.15, 0.2) is 4.80 Å². The van der Waals surface area contributed by atoms with E-state index >= 15 is 0 Å². The van der Waals surface area contributed by atoms with Crippen LogP contribution >= 0.6 is 22.9 Å². The summed E-state index contributed by atoms with van der Waals surface area (Å²) in [7, 11) is 0. The zero-order valence-corrected chi connectivity index (χ0v) is 23.9. The van der Waals surface area contributed by atoms with E-state index in [0.29, 0.717) is 50.0 Å². The molecule has 0 radical (unpaired) electrons. The van der Waals surface area contributed by atoms with Gasteiger partial charge in [0.25, 0.3) is 5.56 Å². The number of fused-ring (bicyclic) bond motifs is 1. The van der Waals surface area contributed by atoms with Gasteiger partial charge in [-0.15, -0.1) is 0 Å². The number of esters is 1. The minimum Gasteiger partial charge on any atom is -0.494 e. The first-order valence-electron chi connectivity index (χ1n) is 12.8. The van der Waals surface area contributed by atoms with Crippen LogP contribution in [0.4, 0.5) is 0 Å². The van der Waals surface area contributed by atoms with Gasteiger partial charge in [0, 0.05) is 17.2 Å². The molecule has 11 heteroatoms. The highest BCUT2D eigenvalue weighted by molar-refractivity contribution is 7.07. The zero-order chi connectivity index (χ0) is 29.3. The molecule has 2 aromatic heterocycles. The number of aromatic carboxylic acids is 1. The summed E-state index contributed by atoms with van der Waals surface area (Å²) in [5.74, 6) is -0.372. The Morgan fingerprint density at radius 1 is 1.15 bits per heavy atom. The number of carbonyl (C=O) groups excluding carboxylic acids is 1. The van der Waals surface area contributed by atoms with Crippen LogP contribution in [0.5, 0.6) is 5.75 Å². The van der Waals surface area contributed by atoms with E-state index in [-0.39, 0.29) is 28.3 Å². The predicted molar refractivity (Wildman–Crippen MR) is 154 cm³/mol. The van der Waals surface area contributed by atoms with Crippen molar-refractivity contribution in [1.82, 2.24) is 4.57 Å². The molecule has 41 heavy (non-hydrogen) atoms. The SMILES string of the molecule is CCOC(=O)C1=C(C)N=c2s/c(=C\c3ccc(-c4ccc(Cl)c(C(=O)O)c4)o3)c(=O)n2[C@H]1c1ccccc1OCC. The van der Waals surface area contributed by atoms with Crippen molar-refractivity contribution in [2.45, 2.75) is 26.8 Å². The number of hydrogen-bond acceptors (Lipinski definition) is 8. The summed E-state index contributed by atoms with van der Waals surface area (Å²) < 4.78 is 19.0. The van der Waals surface area contributed by atoms with Crippen LogP contribution in [0.3, 0.4) is 0 Å². The van der Waals surface area contributed by atoms with Gasteiger partial charge in [0.05, 0.1) is 39.6 Å². The third-order valence-corrected chi connectivity index (χ3v) is 7.72. The second-order valence-electron chi connectivity index (χ2n) is 8.97. The van der Waals surface area contributed by atoms with Crippen molar-refractivity contribution in [1.29, 1.82) is 0 Å². The van der Waals surface area contributed by atoms with Gasteiger partial charge in [-0.05, 0) is 57.2 Å². The number of allylic oxidation sites excluding steroid dienone is 1. The number of hydrogen-bond donors (Lipinski definition) is 1. The van der Waals surface area contributed by atoms with Crippen LogP contribution in [0.15, 0.2) is 80.1 Å². The molecule has 0 aliphatic carbocycles. The molecule has 0 unspecified atom stereocenters. The zero-order valence-electron chi connectivity index (χ0n) is 22.3. The van der Waals surface area contributed by atoms with Crippen LogP contribution in [0.1, 0.15) is 48.5 Å². The number of furan rings is 1. The van der Waals surface area contributed by atoms with E-state index in [1.165, 1.54) is 16.7 Å². The molecular weight excluding hydrogens is 568 g/mol. The molecule has 9 nitrogen and oxygen atoms in total. The van der Waals surface area contributed by atoms with E-state index in [0.717, 1.165) is 11.3 Å². The molecule has 0 spiro atoms. The molecule has 5 rings (SSSR count). The normalized spacial score (nSPS) is 14.9. The van der Waals surface area contributed by atoms with E-state index in [9.17, 15) is 19.5 Å². The number of carboxylic acid groups (broad SMARTS) is 1. The lowest BCUT2D eigenvalue weighted by molar-refractivity contribution is -0.139. The maximum Gasteiger partial charge on any atom is 0.338 e. The molecule has 0 saturated heterocycles. The number of nitrogens with zero attached hydrogens (tertiary/aromatic N) is 2. The summed E-state index contributed by atoms with van der Waals surface area (Å²) in [4.78, 5) is 43.5. The molecule has 4 aromatic rings. The molecule has 1 N–H and O–H groups in total. The second-order valence-corrected chi connectivity index (χ2v) is 10.4. The first kappa shape index (κ1) is 28.1. The number of carboxylic acids is 1. The standard InChI is InChI=1S/C30H25ClN2O7S/c1-4-38-23-9-7-6-8-19(23)26-25(29(37)39-5-2)16(3)32-30-33(26)27(34)24(41-30)15-18-11-13-22(40-18)17-10-12-21(31)20(14-17)28(35)36/h6-15,26H,4-5H2,1-3H3,(H,35,36)/b24-15-/t26-/m0/s1. The molecular formula is C30H25ClN2O7S. The smallest absolute Gasteiger partial charge is 0.338 e. The molecule has 0 fully saturated rings. The number of ether oxygens (including phenoxy) is 2. The largest absolute Gasteiger partial charge is 0.494 e. The fraction of sp³-hybridized carbons (Fsp3) is 0.200. The summed E-state index contributed by atoms with van der Waals surface area (Å²) in [6.07, 6.45) is 1.59. The minimum atomic E-state index is -1.15. The number of thiazole rings is 1. The van der Waals surface area contributed by atoms with Crippen LogP contribution in [0.25, 0.3) is 17.4 Å². The molecule has 0 bridgehead atoms. The van der Waals surface area contributed by atoms with Crippen LogP contribution in [0, 0.1) is 0 Å². The Bertz CT molecular complexity index is 1880. The molecule has 1 atom stereocenters. The summed E-state index contributed by atoms with van der Waals surface area (Å²) in [5.41, 5.74) is 1.46. The minimum absolute atomic E-state index is 0.0458. The summed E-state index contributed by atoms with van der Waals surface area (Å²) >= 11 is 7.16. The van der Waals surface area contributed by atoms with Crippen LogP contribution < -0.4 is 19.6 Å². The van der Waals surface area contributed by atoms with Gasteiger partial charge in [-0.25, -0.2) is 14.6 Å². The van der Waals surface area contributed by atoms with Crippen LogP contribution in [-0.2, 0) is 9.53 Å². The first-order chi connectivity index (χ1) is 19.7. The molecule has 3 heterocycles. The topological polar surface area (TPSA) is 120 Å². The van der Waals surface area contributed by atoms with E-state index in [1.54, 1.807) is 44.2 Å². The summed E-state index contributed by atoms with van der Waals surface area (Å²) in [6.45, 7) is 5.87. The Kier molecular flexibility index (Phi) is 7.96. The van der Waals surface area contributed by atoms with Crippen molar-refractivity contribution in [2.75, 3.05) is 13.2 Å². The van der Waals surface area contributed by atoms with Gasteiger partial charge in [-0.3, -0.25) is 9.36 Å². The Labute approximate surface area is 243 Å². The Morgan fingerprint density at radius 2 is 1.93 bits per heavy atom. The molecule has 1 aliphatic heterocycles. The lowest BCUT2D eigenvalue weighted by Gasteiger charge is -2.26. The molecule has 0 amide bonds. The van der Waals surface area contributed by atoms with Gasteiger partial charge in [-0.1, -0.05) is 41.1 Å². The lowest BCUT2D eigenvalue weighted by atomic mass is 9.95. The average molecular weight is 593 g/mol. The quantitative estimate of drug-likeness (QED) is 0.292. The van der Waals surface area contributed by atoms with Gasteiger partial charge < -0.3 is 19.0 Å². The highest BCUT2D eigenvalue weighted by atomic mass is 35.5. The predicted octanol–water partition coefficient (Wildman–Crippen LogP) is 4.81. The average Bonchev–Trinajstić information content (AvgIpc) is 3.53. The number of rotatable bonds is 8.